The monoisotopic (exact) mass is 597 g/mol. The van der Waals surface area contributed by atoms with E-state index in [0.29, 0.717) is 48.1 Å². The molecular weight excluding hydrogens is 569 g/mol. The Morgan fingerprint density at radius 3 is 2.49 bits per heavy atom. The molecule has 12 heteroatoms. The van der Waals surface area contributed by atoms with E-state index >= 15 is 0 Å². The number of rotatable bonds is 4. The minimum Gasteiger partial charge on any atom is -0.481 e. The number of hydrogen-bond acceptors (Lipinski definition) is 4. The van der Waals surface area contributed by atoms with Gasteiger partial charge in [-0.2, -0.15) is 0 Å². The van der Waals surface area contributed by atoms with E-state index in [9.17, 15) is 24.3 Å². The van der Waals surface area contributed by atoms with Crippen molar-refractivity contribution in [3.8, 4) is 0 Å². The molecule has 2 aromatic carbocycles. The van der Waals surface area contributed by atoms with Crippen LogP contribution in [0.2, 0.25) is 10.0 Å². The number of aromatic amines is 1. The number of likely N-dealkylation sites (tertiary alicyclic amines) is 2. The van der Waals surface area contributed by atoms with Gasteiger partial charge in [-0.15, -0.1) is 0 Å². The second kappa shape index (κ2) is 10.9. The number of para-hydroxylation sites is 1. The molecule has 10 nitrogen and oxygen atoms in total. The number of carbonyl (C=O) groups excluding carboxylic acids is 3. The number of halogens is 2. The van der Waals surface area contributed by atoms with Gasteiger partial charge in [-0.25, -0.2) is 4.79 Å². The smallest absolute Gasteiger partial charge is 0.322 e. The van der Waals surface area contributed by atoms with Crippen molar-refractivity contribution in [1.29, 1.82) is 0 Å². The lowest BCUT2D eigenvalue weighted by Gasteiger charge is -2.38. The number of fused-ring (bicyclic) bond motifs is 3. The van der Waals surface area contributed by atoms with Gasteiger partial charge in [-0.3, -0.25) is 14.4 Å². The van der Waals surface area contributed by atoms with Gasteiger partial charge in [0, 0.05) is 48.3 Å². The van der Waals surface area contributed by atoms with E-state index in [1.165, 1.54) is 4.90 Å². The molecule has 214 valence electrons. The summed E-state index contributed by atoms with van der Waals surface area (Å²) in [6.45, 7) is 1.07. The SMILES string of the molecule is O=C(O)C1CCN(C(=O)C2CCCN2C(=O)C2Cc3c([nH]c4ccccc34)CN2C(=O)Nc2ccc(Cl)c(Cl)c2)C1. The Bertz CT molecular complexity index is 1560. The van der Waals surface area contributed by atoms with E-state index in [0.717, 1.165) is 22.2 Å². The third-order valence-electron chi connectivity index (χ3n) is 8.39. The number of carbonyl (C=O) groups is 4. The van der Waals surface area contributed by atoms with Gasteiger partial charge in [0.1, 0.15) is 12.1 Å². The Balaban J connectivity index is 1.29. The number of hydrogen-bond donors (Lipinski definition) is 3. The molecule has 0 saturated carbocycles. The molecule has 3 atom stereocenters. The highest BCUT2D eigenvalue weighted by molar-refractivity contribution is 6.42. The fourth-order valence-electron chi connectivity index (χ4n) is 6.26. The summed E-state index contributed by atoms with van der Waals surface area (Å²) in [4.78, 5) is 60.9. The van der Waals surface area contributed by atoms with Crippen LogP contribution in [0.1, 0.15) is 30.5 Å². The molecule has 0 bridgehead atoms. The fraction of sp³-hybridized carbons (Fsp3) is 0.379. The van der Waals surface area contributed by atoms with Crippen LogP contribution in [-0.2, 0) is 27.3 Å². The summed E-state index contributed by atoms with van der Waals surface area (Å²) in [6.07, 6.45) is 1.84. The maximum atomic E-state index is 14.2. The first-order valence-electron chi connectivity index (χ1n) is 13.6. The van der Waals surface area contributed by atoms with E-state index in [1.807, 2.05) is 24.3 Å². The third kappa shape index (κ3) is 5.10. The number of aromatic nitrogens is 1. The Morgan fingerprint density at radius 1 is 0.927 bits per heavy atom. The van der Waals surface area contributed by atoms with Crippen LogP contribution in [-0.4, -0.2) is 80.3 Å². The molecule has 0 radical (unpaired) electrons. The average Bonchev–Trinajstić information content (AvgIpc) is 3.72. The zero-order chi connectivity index (χ0) is 28.8. The van der Waals surface area contributed by atoms with Gasteiger partial charge < -0.3 is 30.1 Å². The van der Waals surface area contributed by atoms with E-state index in [-0.39, 0.29) is 31.3 Å². The van der Waals surface area contributed by atoms with Crippen LogP contribution in [0.25, 0.3) is 10.9 Å². The van der Waals surface area contributed by atoms with Crippen molar-refractivity contribution in [2.24, 2.45) is 5.92 Å². The Morgan fingerprint density at radius 2 is 1.73 bits per heavy atom. The van der Waals surface area contributed by atoms with E-state index in [4.69, 9.17) is 23.2 Å². The fourth-order valence-corrected chi connectivity index (χ4v) is 6.56. The molecule has 1 aromatic heterocycles. The summed E-state index contributed by atoms with van der Waals surface area (Å²) < 4.78 is 0. The van der Waals surface area contributed by atoms with Crippen molar-refractivity contribution in [2.75, 3.05) is 25.0 Å². The standard InChI is InChI=1S/C29H29Cl2N5O5/c30-20-8-7-17(12-21(20)31)32-29(41)36-15-23-19(18-4-1-2-5-22(18)33-23)13-25(36)27(38)35-10-3-6-24(35)26(37)34-11-9-16(14-34)28(39)40/h1-2,4-5,7-8,12,16,24-25,33H,3,6,9-11,13-15H2,(H,32,41)(H,39,40). The first-order valence-corrected chi connectivity index (χ1v) is 14.4. The van der Waals surface area contributed by atoms with E-state index < -0.39 is 30.0 Å². The van der Waals surface area contributed by atoms with E-state index in [2.05, 4.69) is 10.3 Å². The topological polar surface area (TPSA) is 126 Å². The van der Waals surface area contributed by atoms with Crippen LogP contribution in [0.15, 0.2) is 42.5 Å². The molecule has 3 aliphatic rings. The number of nitrogens with zero attached hydrogens (tertiary/aromatic N) is 3. The van der Waals surface area contributed by atoms with Gasteiger partial charge in [0.05, 0.1) is 22.5 Å². The van der Waals surface area contributed by atoms with Gasteiger partial charge in [-0.1, -0.05) is 41.4 Å². The summed E-state index contributed by atoms with van der Waals surface area (Å²) in [6, 6.07) is 10.6. The molecule has 3 aromatic rings. The summed E-state index contributed by atoms with van der Waals surface area (Å²) in [5.74, 6) is -2.03. The minimum atomic E-state index is -0.917. The van der Waals surface area contributed by atoms with Crippen molar-refractivity contribution in [1.82, 2.24) is 19.7 Å². The normalized spacial score (nSPS) is 22.2. The van der Waals surface area contributed by atoms with Gasteiger partial charge in [-0.05, 0) is 49.1 Å². The molecule has 3 N–H and O–H groups in total. The second-order valence-electron chi connectivity index (χ2n) is 10.8. The number of anilines is 1. The lowest BCUT2D eigenvalue weighted by molar-refractivity contribution is -0.146. The van der Waals surface area contributed by atoms with Crippen LogP contribution >= 0.6 is 23.2 Å². The molecule has 0 spiro atoms. The van der Waals surface area contributed by atoms with Gasteiger partial charge in [0.25, 0.3) is 0 Å². The first-order chi connectivity index (χ1) is 19.7. The number of nitrogens with one attached hydrogen (secondary N) is 2. The zero-order valence-corrected chi connectivity index (χ0v) is 23.6. The number of carboxylic acids is 1. The van der Waals surface area contributed by atoms with Crippen molar-refractivity contribution in [3.63, 3.8) is 0 Å². The van der Waals surface area contributed by atoms with Crippen LogP contribution in [0.5, 0.6) is 0 Å². The highest BCUT2D eigenvalue weighted by Gasteiger charge is 2.45. The highest BCUT2D eigenvalue weighted by atomic mass is 35.5. The zero-order valence-electron chi connectivity index (χ0n) is 22.1. The Kier molecular flexibility index (Phi) is 7.29. The van der Waals surface area contributed by atoms with Crippen LogP contribution in [0, 0.1) is 5.92 Å². The van der Waals surface area contributed by atoms with Crippen LogP contribution in [0.3, 0.4) is 0 Å². The molecular formula is C29H29Cl2N5O5. The Labute approximate surface area is 246 Å². The second-order valence-corrected chi connectivity index (χ2v) is 11.6. The number of benzene rings is 2. The third-order valence-corrected chi connectivity index (χ3v) is 9.13. The lowest BCUT2D eigenvalue weighted by Crippen LogP contribution is -2.57. The quantitative estimate of drug-likeness (QED) is 0.412. The van der Waals surface area contributed by atoms with Gasteiger partial charge in [0.15, 0.2) is 0 Å². The lowest BCUT2D eigenvalue weighted by atomic mass is 9.95. The minimum absolute atomic E-state index is 0.146. The summed E-state index contributed by atoms with van der Waals surface area (Å²) in [7, 11) is 0. The van der Waals surface area contributed by atoms with Crippen LogP contribution in [0.4, 0.5) is 10.5 Å². The van der Waals surface area contributed by atoms with Gasteiger partial charge in [0.2, 0.25) is 11.8 Å². The summed E-state index contributed by atoms with van der Waals surface area (Å²) >= 11 is 12.2. The number of H-pyrrole nitrogens is 1. The first kappa shape index (κ1) is 27.4. The number of aliphatic carboxylic acids is 1. The average molecular weight is 598 g/mol. The maximum absolute atomic E-state index is 14.2. The predicted octanol–water partition coefficient (Wildman–Crippen LogP) is 4.36. The largest absolute Gasteiger partial charge is 0.481 e. The van der Waals surface area contributed by atoms with Crippen molar-refractivity contribution < 1.29 is 24.3 Å². The van der Waals surface area contributed by atoms with E-state index in [1.54, 1.807) is 28.0 Å². The number of urea groups is 1. The molecule has 41 heavy (non-hydrogen) atoms. The number of amides is 4. The van der Waals surface area contributed by atoms with Crippen molar-refractivity contribution in [2.45, 2.75) is 44.3 Å². The maximum Gasteiger partial charge on any atom is 0.322 e. The molecule has 2 saturated heterocycles. The number of carboxylic acid groups (broad SMARTS) is 1. The summed E-state index contributed by atoms with van der Waals surface area (Å²) in [5, 5.41) is 13.9. The predicted molar refractivity (Wildman–Crippen MR) is 154 cm³/mol. The van der Waals surface area contributed by atoms with Crippen molar-refractivity contribution in [3.05, 3.63) is 63.8 Å². The molecule has 4 amide bonds. The van der Waals surface area contributed by atoms with Gasteiger partial charge >= 0.3 is 12.0 Å². The molecule has 6 rings (SSSR count). The van der Waals surface area contributed by atoms with Crippen LogP contribution < -0.4 is 5.32 Å². The Hall–Kier alpha value is -3.76. The highest BCUT2D eigenvalue weighted by Crippen LogP contribution is 2.34. The molecule has 2 fully saturated rings. The molecule has 4 heterocycles. The molecule has 3 aliphatic heterocycles. The summed E-state index contributed by atoms with van der Waals surface area (Å²) in [5.41, 5.74) is 3.19. The molecule has 0 aliphatic carbocycles. The van der Waals surface area contributed by atoms with Crippen molar-refractivity contribution >= 4 is 63.6 Å². The molecule has 3 unspecified atom stereocenters.